The molecule has 0 rings (SSSR count). The summed E-state index contributed by atoms with van der Waals surface area (Å²) in [7, 11) is 2.15. The first-order valence-corrected chi connectivity index (χ1v) is 6.40. The van der Waals surface area contributed by atoms with E-state index in [1.807, 2.05) is 6.92 Å². The molecular weight excluding hydrogens is 202 g/mol. The van der Waals surface area contributed by atoms with Crippen LogP contribution in [-0.4, -0.2) is 47.5 Å². The summed E-state index contributed by atoms with van der Waals surface area (Å²) in [5, 5.41) is 7.57. The van der Waals surface area contributed by atoms with Gasteiger partial charge < -0.3 is 24.1 Å². The Hall–Kier alpha value is 0.0169. The van der Waals surface area contributed by atoms with E-state index in [2.05, 4.69) is 0 Å². The van der Waals surface area contributed by atoms with E-state index >= 15 is 0 Å². The summed E-state index contributed by atoms with van der Waals surface area (Å²) in [5.41, 5.74) is 5.63. The molecule has 0 aliphatic heterocycles. The van der Waals surface area contributed by atoms with Crippen molar-refractivity contribution in [2.24, 2.45) is 5.73 Å². The molecule has 3 N–H and O–H groups in total. The summed E-state index contributed by atoms with van der Waals surface area (Å²) >= 11 is 0. The minimum absolute atomic E-state index is 0.137. The van der Waals surface area contributed by atoms with Crippen LogP contribution in [0.25, 0.3) is 0 Å². The maximum Gasteiger partial charge on any atom is 0.517 e. The largest absolute Gasteiger partial charge is 0.517 e. The predicted octanol–water partition coefficient (Wildman–Crippen LogP) is 0.140. The maximum atomic E-state index is 7.57. The molecule has 0 saturated heterocycles. The molecule has 0 heterocycles. The van der Waals surface area contributed by atoms with Gasteiger partial charge in [-0.25, -0.2) is 0 Å². The molecule has 0 spiro atoms. The monoisotopic (exact) mass is 225 g/mol. The van der Waals surface area contributed by atoms with Gasteiger partial charge in [0, 0.05) is 27.9 Å². The molecule has 1 unspecified atom stereocenters. The highest BCUT2D eigenvalue weighted by molar-refractivity contribution is 6.62. The van der Waals surface area contributed by atoms with Crippen molar-refractivity contribution in [1.29, 1.82) is 0 Å². The van der Waals surface area contributed by atoms with E-state index < -0.39 is 8.80 Å². The van der Waals surface area contributed by atoms with Crippen molar-refractivity contribution in [2.75, 3.05) is 27.9 Å². The van der Waals surface area contributed by atoms with Gasteiger partial charge in [-0.15, -0.1) is 0 Å². The first-order valence-electron chi connectivity index (χ1n) is 4.60. The van der Waals surface area contributed by atoms with Gasteiger partial charge in [-0.3, -0.25) is 0 Å². The summed E-state index contributed by atoms with van der Waals surface area (Å²) in [4.78, 5) is 0. The van der Waals surface area contributed by atoms with Crippen LogP contribution in [0, 0.1) is 0 Å². The van der Waals surface area contributed by atoms with Gasteiger partial charge in [0.25, 0.3) is 0 Å². The Labute approximate surface area is 87.5 Å². The van der Waals surface area contributed by atoms with Crippen molar-refractivity contribution in [2.45, 2.75) is 25.9 Å². The minimum Gasteiger partial charge on any atom is -0.397 e. The number of rotatable bonds is 5. The summed E-state index contributed by atoms with van der Waals surface area (Å²) < 4.78 is 15.5. The third-order valence-corrected chi connectivity index (χ3v) is 4.77. The Morgan fingerprint density at radius 3 is 1.50 bits per heavy atom. The summed E-state index contributed by atoms with van der Waals surface area (Å²) in [6.07, 6.45) is 0.793. The van der Waals surface area contributed by atoms with Crippen molar-refractivity contribution < 1.29 is 18.4 Å². The van der Waals surface area contributed by atoms with Crippen LogP contribution in [0.1, 0.15) is 20.3 Å². The molecule has 0 aliphatic carbocycles. The topological polar surface area (TPSA) is 73.9 Å². The Morgan fingerprint density at radius 1 is 1.14 bits per heavy atom. The molecule has 0 bridgehead atoms. The lowest BCUT2D eigenvalue weighted by Gasteiger charge is -2.28. The molecule has 14 heavy (non-hydrogen) atoms. The summed E-state index contributed by atoms with van der Waals surface area (Å²) in [6, 6.07) is 0. The van der Waals surface area contributed by atoms with E-state index in [9.17, 15) is 0 Å². The van der Waals surface area contributed by atoms with Crippen LogP contribution in [0.2, 0.25) is 0 Å². The number of hydrogen-bond acceptors (Lipinski definition) is 5. The Morgan fingerprint density at radius 2 is 1.43 bits per heavy atom. The highest BCUT2D eigenvalue weighted by atomic mass is 28.4. The van der Waals surface area contributed by atoms with Crippen LogP contribution >= 0.6 is 0 Å². The van der Waals surface area contributed by atoms with Gasteiger partial charge in [-0.05, 0) is 13.3 Å². The van der Waals surface area contributed by atoms with Crippen LogP contribution in [0.15, 0.2) is 0 Å². The van der Waals surface area contributed by atoms with E-state index in [4.69, 9.17) is 24.1 Å². The number of aliphatic hydroxyl groups excluding tert-OH is 1. The predicted molar refractivity (Wildman–Crippen MR) is 57.8 cm³/mol. The van der Waals surface area contributed by atoms with E-state index in [-0.39, 0.29) is 12.3 Å². The van der Waals surface area contributed by atoms with Crippen LogP contribution < -0.4 is 5.73 Å². The molecule has 0 aliphatic rings. The van der Waals surface area contributed by atoms with E-state index in [1.54, 1.807) is 28.3 Å². The molecule has 88 valence electrons. The van der Waals surface area contributed by atoms with Crippen LogP contribution in [-0.2, 0) is 13.3 Å². The van der Waals surface area contributed by atoms with Crippen LogP contribution in [0.5, 0.6) is 0 Å². The third-order valence-electron chi connectivity index (χ3n) is 1.75. The SMILES string of the molecule is CCC(N)[Si](OC)(OC)OC.CCO. The van der Waals surface area contributed by atoms with E-state index in [0.717, 1.165) is 6.42 Å². The smallest absolute Gasteiger partial charge is 0.397 e. The van der Waals surface area contributed by atoms with Gasteiger partial charge in [-0.1, -0.05) is 6.92 Å². The molecule has 0 fully saturated rings. The normalized spacial score (nSPS) is 13.1. The molecule has 0 saturated carbocycles. The highest BCUT2D eigenvalue weighted by Gasteiger charge is 2.44. The van der Waals surface area contributed by atoms with Gasteiger partial charge in [0.1, 0.15) is 0 Å². The molecule has 0 radical (unpaired) electrons. The van der Waals surface area contributed by atoms with Crippen molar-refractivity contribution in [3.05, 3.63) is 0 Å². The zero-order valence-electron chi connectivity index (χ0n) is 9.74. The second-order valence-corrected chi connectivity index (χ2v) is 5.72. The zero-order valence-corrected chi connectivity index (χ0v) is 10.7. The van der Waals surface area contributed by atoms with Crippen LogP contribution in [0.4, 0.5) is 0 Å². The maximum absolute atomic E-state index is 7.57. The van der Waals surface area contributed by atoms with Crippen molar-refractivity contribution >= 4 is 8.80 Å². The van der Waals surface area contributed by atoms with Gasteiger partial charge in [-0.2, -0.15) is 0 Å². The first kappa shape index (κ1) is 16.4. The fraction of sp³-hybridized carbons (Fsp3) is 1.00. The zero-order chi connectivity index (χ0) is 11.6. The van der Waals surface area contributed by atoms with Crippen molar-refractivity contribution in [3.8, 4) is 0 Å². The first-order chi connectivity index (χ1) is 6.58. The molecular formula is C8H23NO4Si. The fourth-order valence-corrected chi connectivity index (χ4v) is 2.86. The van der Waals surface area contributed by atoms with Gasteiger partial charge >= 0.3 is 8.80 Å². The third kappa shape index (κ3) is 5.04. The van der Waals surface area contributed by atoms with Gasteiger partial charge in [0.15, 0.2) is 0 Å². The molecule has 5 nitrogen and oxygen atoms in total. The van der Waals surface area contributed by atoms with Gasteiger partial charge in [0.05, 0.1) is 5.67 Å². The molecule has 0 aromatic rings. The lowest BCUT2D eigenvalue weighted by Crippen LogP contribution is -2.58. The fourth-order valence-electron chi connectivity index (χ4n) is 0.954. The number of aliphatic hydroxyl groups is 1. The summed E-state index contributed by atoms with van der Waals surface area (Å²) in [6.45, 7) is 3.91. The Balaban J connectivity index is 0. The number of hydrogen-bond donors (Lipinski definition) is 2. The van der Waals surface area contributed by atoms with E-state index in [0.29, 0.717) is 0 Å². The molecule has 1 atom stereocenters. The molecule has 0 aromatic heterocycles. The standard InChI is InChI=1S/C6H17NO3Si.C2H6O/c1-5-6(7)11(8-2,9-3)10-4;1-2-3/h6H,5,7H2,1-4H3;3H,2H2,1H3. The minimum atomic E-state index is -2.54. The Bertz CT molecular complexity index is 114. The Kier molecular flexibility index (Phi) is 11.2. The molecule has 0 amide bonds. The number of nitrogens with two attached hydrogens (primary N) is 1. The lowest BCUT2D eigenvalue weighted by molar-refractivity contribution is 0.112. The van der Waals surface area contributed by atoms with Crippen molar-refractivity contribution in [3.63, 3.8) is 0 Å². The van der Waals surface area contributed by atoms with E-state index in [1.165, 1.54) is 0 Å². The average Bonchev–Trinajstić information content (AvgIpc) is 2.22. The molecule has 0 aromatic carbocycles. The second kappa shape index (κ2) is 9.57. The molecule has 6 heteroatoms. The second-order valence-electron chi connectivity index (χ2n) is 2.55. The average molecular weight is 225 g/mol. The highest BCUT2D eigenvalue weighted by Crippen LogP contribution is 2.11. The quantitative estimate of drug-likeness (QED) is 0.651. The lowest BCUT2D eigenvalue weighted by atomic mass is 10.5. The van der Waals surface area contributed by atoms with Crippen molar-refractivity contribution in [1.82, 2.24) is 0 Å². The van der Waals surface area contributed by atoms with Crippen LogP contribution in [0.3, 0.4) is 0 Å². The summed E-state index contributed by atoms with van der Waals surface area (Å²) in [5.74, 6) is 0. The van der Waals surface area contributed by atoms with Gasteiger partial charge in [0.2, 0.25) is 0 Å².